The van der Waals surface area contributed by atoms with E-state index in [2.05, 4.69) is 21.0 Å². The highest BCUT2D eigenvalue weighted by Crippen LogP contribution is 2.24. The number of hydrogen-bond donors (Lipinski definition) is 3. The maximum atomic E-state index is 13.8. The molecule has 2 aromatic rings. The standard InChI is InChI=1S/C37H52N8O8/c1-5-52-36(51)43-21-19-42(20-22-43)34(49)27(16-17-38-35(50)37(2,3)4)40-32(47)28-23-31(45(41-28)26-13-7-6-8-14-26)53-24-30(46)44-18-10-15-29(44)33(48)39-25-11-9-12-25/h6-8,13-14,23,25,27,29H,5,9-12,15-22,24H2,1-4H3,(H,38,50)(H,39,48)(H,40,47). The summed E-state index contributed by atoms with van der Waals surface area (Å²) >= 11 is 0. The van der Waals surface area contributed by atoms with Crippen molar-refractivity contribution in [1.82, 2.24) is 40.4 Å². The van der Waals surface area contributed by atoms with Gasteiger partial charge in [-0.2, -0.15) is 5.10 Å². The number of carbonyl (C=O) groups excluding carboxylic acids is 6. The first kappa shape index (κ1) is 39.1. The summed E-state index contributed by atoms with van der Waals surface area (Å²) in [6.07, 6.45) is 3.94. The predicted molar refractivity (Wildman–Crippen MR) is 193 cm³/mol. The average molecular weight is 737 g/mol. The topological polar surface area (TPSA) is 185 Å². The van der Waals surface area contributed by atoms with Gasteiger partial charge in [0.05, 0.1) is 12.3 Å². The van der Waals surface area contributed by atoms with Gasteiger partial charge in [-0.05, 0) is 57.6 Å². The lowest BCUT2D eigenvalue weighted by atomic mass is 9.93. The Kier molecular flexibility index (Phi) is 13.0. The number of rotatable bonds is 13. The predicted octanol–water partition coefficient (Wildman–Crippen LogP) is 1.86. The van der Waals surface area contributed by atoms with Gasteiger partial charge in [-0.25, -0.2) is 9.48 Å². The Balaban J connectivity index is 1.29. The number of benzene rings is 1. The molecule has 16 heteroatoms. The van der Waals surface area contributed by atoms with Crippen molar-refractivity contribution in [2.45, 2.75) is 84.3 Å². The lowest BCUT2D eigenvalue weighted by Crippen LogP contribution is -2.56. The molecule has 3 aliphatic rings. The highest BCUT2D eigenvalue weighted by Gasteiger charge is 2.36. The van der Waals surface area contributed by atoms with Crippen molar-refractivity contribution in [3.05, 3.63) is 42.1 Å². The minimum atomic E-state index is -1.03. The van der Waals surface area contributed by atoms with E-state index >= 15 is 0 Å². The fourth-order valence-electron chi connectivity index (χ4n) is 6.37. The molecule has 1 aromatic carbocycles. The Bertz CT molecular complexity index is 1630. The van der Waals surface area contributed by atoms with E-state index in [1.807, 2.05) is 6.07 Å². The third-order valence-electron chi connectivity index (χ3n) is 9.70. The van der Waals surface area contributed by atoms with Crippen molar-refractivity contribution in [1.29, 1.82) is 0 Å². The molecular formula is C37H52N8O8. The van der Waals surface area contributed by atoms with Gasteiger partial charge >= 0.3 is 6.09 Å². The van der Waals surface area contributed by atoms with Crippen LogP contribution in [0.3, 0.4) is 0 Å². The molecule has 3 N–H and O–H groups in total. The molecule has 1 aromatic heterocycles. The first-order valence-electron chi connectivity index (χ1n) is 18.5. The van der Waals surface area contributed by atoms with Crippen LogP contribution in [-0.4, -0.2) is 131 Å². The first-order chi connectivity index (χ1) is 25.3. The van der Waals surface area contributed by atoms with Gasteiger partial charge in [0.2, 0.25) is 23.6 Å². The molecule has 5 rings (SSSR count). The van der Waals surface area contributed by atoms with Crippen LogP contribution < -0.4 is 20.7 Å². The molecule has 0 radical (unpaired) electrons. The fraction of sp³-hybridized carbons (Fsp3) is 0.595. The quantitative estimate of drug-likeness (QED) is 0.276. The zero-order valence-electron chi connectivity index (χ0n) is 31.1. The SMILES string of the molecule is CCOC(=O)N1CCN(C(=O)C(CCNC(=O)C(C)(C)C)NC(=O)c2cc(OCC(=O)N3CCCC3C(=O)NC3CCC3)n(-c3ccccc3)n2)CC1. The number of nitrogens with one attached hydrogen (secondary N) is 3. The van der Waals surface area contributed by atoms with Crippen molar-refractivity contribution in [3.8, 4) is 11.6 Å². The van der Waals surface area contributed by atoms with Gasteiger partial charge in [0.25, 0.3) is 11.8 Å². The summed E-state index contributed by atoms with van der Waals surface area (Å²) in [5.41, 5.74) is -0.129. The molecule has 0 spiro atoms. The van der Waals surface area contributed by atoms with Crippen LogP contribution in [0.2, 0.25) is 0 Å². The number of amides is 6. The van der Waals surface area contributed by atoms with E-state index in [9.17, 15) is 28.8 Å². The summed E-state index contributed by atoms with van der Waals surface area (Å²) < 4.78 is 12.5. The van der Waals surface area contributed by atoms with Gasteiger partial charge < -0.3 is 40.1 Å². The molecular weight excluding hydrogens is 684 g/mol. The highest BCUT2D eigenvalue weighted by molar-refractivity contribution is 5.96. The number of carbonyl (C=O) groups is 6. The lowest BCUT2D eigenvalue weighted by molar-refractivity contribution is -0.140. The Hall–Kier alpha value is -5.15. The zero-order valence-corrected chi connectivity index (χ0v) is 31.1. The van der Waals surface area contributed by atoms with Crippen molar-refractivity contribution >= 4 is 35.6 Å². The number of likely N-dealkylation sites (tertiary alicyclic amines) is 1. The van der Waals surface area contributed by atoms with Crippen molar-refractivity contribution < 1.29 is 38.2 Å². The molecule has 288 valence electrons. The molecule has 2 saturated heterocycles. The largest absolute Gasteiger partial charge is 0.467 e. The maximum absolute atomic E-state index is 13.8. The number of aromatic nitrogens is 2. The summed E-state index contributed by atoms with van der Waals surface area (Å²) in [6.45, 7) is 8.54. The van der Waals surface area contributed by atoms with Gasteiger partial charge in [0.15, 0.2) is 12.3 Å². The van der Waals surface area contributed by atoms with Crippen LogP contribution in [0.1, 0.15) is 76.7 Å². The van der Waals surface area contributed by atoms with E-state index in [1.165, 1.54) is 15.6 Å². The van der Waals surface area contributed by atoms with Crippen molar-refractivity contribution in [3.63, 3.8) is 0 Å². The third kappa shape index (κ3) is 10.0. The molecule has 53 heavy (non-hydrogen) atoms. The van der Waals surface area contributed by atoms with Gasteiger partial charge in [-0.15, -0.1) is 0 Å². The van der Waals surface area contributed by atoms with Crippen LogP contribution in [0.25, 0.3) is 5.69 Å². The first-order valence-corrected chi connectivity index (χ1v) is 18.5. The average Bonchev–Trinajstić information content (AvgIpc) is 3.80. The summed E-state index contributed by atoms with van der Waals surface area (Å²) in [7, 11) is 0. The summed E-state index contributed by atoms with van der Waals surface area (Å²) in [6, 6.07) is 8.95. The monoisotopic (exact) mass is 736 g/mol. The molecule has 1 saturated carbocycles. The van der Waals surface area contributed by atoms with Gasteiger partial charge in [0, 0.05) is 56.8 Å². The van der Waals surface area contributed by atoms with E-state index in [4.69, 9.17) is 9.47 Å². The Labute approximate surface area is 309 Å². The summed E-state index contributed by atoms with van der Waals surface area (Å²) in [4.78, 5) is 83.4. The van der Waals surface area contributed by atoms with Crippen LogP contribution in [-0.2, 0) is 23.9 Å². The normalized spacial score (nSPS) is 18.1. The number of piperazine rings is 1. The molecule has 0 bridgehead atoms. The maximum Gasteiger partial charge on any atom is 0.409 e. The number of nitrogens with zero attached hydrogens (tertiary/aromatic N) is 5. The zero-order chi connectivity index (χ0) is 38.1. The minimum absolute atomic E-state index is 0.0566. The van der Waals surface area contributed by atoms with Crippen LogP contribution in [0.15, 0.2) is 36.4 Å². The lowest BCUT2D eigenvalue weighted by Gasteiger charge is -2.36. The van der Waals surface area contributed by atoms with E-state index in [-0.39, 0.29) is 93.6 Å². The van der Waals surface area contributed by atoms with Crippen LogP contribution in [0, 0.1) is 5.41 Å². The minimum Gasteiger partial charge on any atom is -0.467 e. The molecule has 2 atom stereocenters. The van der Waals surface area contributed by atoms with E-state index in [0.29, 0.717) is 25.1 Å². The Morgan fingerprint density at radius 2 is 1.62 bits per heavy atom. The molecule has 3 heterocycles. The van der Waals surface area contributed by atoms with E-state index in [0.717, 1.165) is 19.3 Å². The van der Waals surface area contributed by atoms with Crippen LogP contribution in [0.4, 0.5) is 4.79 Å². The van der Waals surface area contributed by atoms with Crippen molar-refractivity contribution in [2.75, 3.05) is 52.5 Å². The van der Waals surface area contributed by atoms with Crippen molar-refractivity contribution in [2.24, 2.45) is 5.41 Å². The van der Waals surface area contributed by atoms with E-state index in [1.54, 1.807) is 61.8 Å². The third-order valence-corrected chi connectivity index (χ3v) is 9.70. The molecule has 6 amide bonds. The number of para-hydroxylation sites is 1. The second-order valence-corrected chi connectivity index (χ2v) is 14.6. The van der Waals surface area contributed by atoms with Gasteiger partial charge in [0.1, 0.15) is 12.1 Å². The number of hydrogen-bond acceptors (Lipinski definition) is 9. The summed E-state index contributed by atoms with van der Waals surface area (Å²) in [5, 5.41) is 13.2. The molecule has 2 unspecified atom stereocenters. The summed E-state index contributed by atoms with van der Waals surface area (Å²) in [5.74, 6) is -1.59. The van der Waals surface area contributed by atoms with Gasteiger partial charge in [-0.3, -0.25) is 24.0 Å². The molecule has 3 fully saturated rings. The van der Waals surface area contributed by atoms with E-state index < -0.39 is 29.5 Å². The Morgan fingerprint density at radius 1 is 0.925 bits per heavy atom. The molecule has 16 nitrogen and oxygen atoms in total. The second-order valence-electron chi connectivity index (χ2n) is 14.6. The highest BCUT2D eigenvalue weighted by atomic mass is 16.6. The fourth-order valence-corrected chi connectivity index (χ4v) is 6.37. The Morgan fingerprint density at radius 3 is 2.26 bits per heavy atom. The molecule has 2 aliphatic heterocycles. The van der Waals surface area contributed by atoms with Gasteiger partial charge in [-0.1, -0.05) is 39.0 Å². The second kappa shape index (κ2) is 17.6. The van der Waals surface area contributed by atoms with Crippen LogP contribution in [0.5, 0.6) is 5.88 Å². The van der Waals surface area contributed by atoms with Crippen LogP contribution >= 0.6 is 0 Å². The smallest absolute Gasteiger partial charge is 0.409 e. The molecule has 1 aliphatic carbocycles. The number of ether oxygens (including phenoxy) is 2.